The zero-order chi connectivity index (χ0) is 11.2. The van der Waals surface area contributed by atoms with Gasteiger partial charge in [0.1, 0.15) is 5.82 Å². The van der Waals surface area contributed by atoms with Crippen LogP contribution in [0.3, 0.4) is 0 Å². The highest BCUT2D eigenvalue weighted by Gasteiger charge is 1.97. The second kappa shape index (κ2) is 5.66. The van der Waals surface area contributed by atoms with Crippen molar-refractivity contribution in [3.63, 3.8) is 0 Å². The third-order valence-corrected chi connectivity index (χ3v) is 3.17. The Labute approximate surface area is 98.7 Å². The van der Waals surface area contributed by atoms with Gasteiger partial charge in [-0.1, -0.05) is 18.2 Å². The molecule has 0 aliphatic rings. The predicted octanol–water partition coefficient (Wildman–Crippen LogP) is 3.65. The summed E-state index contributed by atoms with van der Waals surface area (Å²) in [6.45, 7) is 0. The minimum atomic E-state index is -0.170. The molecule has 0 unspecified atom stereocenters. The average molecular weight is 233 g/mol. The Balaban J connectivity index is 1.85. The normalized spacial score (nSPS) is 10.3. The lowest BCUT2D eigenvalue weighted by molar-refractivity contribution is 0.626. The Morgan fingerprint density at radius 2 is 2.00 bits per heavy atom. The third kappa shape index (κ3) is 3.35. The zero-order valence-electron chi connectivity index (χ0n) is 8.77. The van der Waals surface area contributed by atoms with Gasteiger partial charge in [-0.15, -0.1) is 0 Å². The Hall–Kier alpha value is -1.35. The summed E-state index contributed by atoms with van der Waals surface area (Å²) in [5.41, 5.74) is 2.07. The number of nitrogens with zero attached hydrogens (tertiary/aromatic N) is 1. The quantitative estimate of drug-likeness (QED) is 0.799. The SMILES string of the molecule is Fc1cccc(CSCc2ccccn2)c1. The van der Waals surface area contributed by atoms with Crippen LogP contribution in [0.15, 0.2) is 48.7 Å². The van der Waals surface area contributed by atoms with Crippen LogP contribution in [0.4, 0.5) is 4.39 Å². The summed E-state index contributed by atoms with van der Waals surface area (Å²) in [6.07, 6.45) is 1.79. The number of hydrogen-bond donors (Lipinski definition) is 0. The largest absolute Gasteiger partial charge is 0.260 e. The van der Waals surface area contributed by atoms with Crippen molar-refractivity contribution < 1.29 is 4.39 Å². The lowest BCUT2D eigenvalue weighted by Crippen LogP contribution is -1.87. The minimum absolute atomic E-state index is 0.170. The first-order chi connectivity index (χ1) is 7.84. The van der Waals surface area contributed by atoms with E-state index in [1.807, 2.05) is 24.3 Å². The summed E-state index contributed by atoms with van der Waals surface area (Å²) in [4.78, 5) is 4.23. The summed E-state index contributed by atoms with van der Waals surface area (Å²) in [7, 11) is 0. The molecule has 0 saturated carbocycles. The van der Waals surface area contributed by atoms with Crippen molar-refractivity contribution >= 4 is 11.8 Å². The van der Waals surface area contributed by atoms with Gasteiger partial charge in [-0.2, -0.15) is 11.8 Å². The standard InChI is InChI=1S/C13H12FNS/c14-12-5-3-4-11(8-12)9-16-10-13-6-1-2-7-15-13/h1-8H,9-10H2. The summed E-state index contributed by atoms with van der Waals surface area (Å²) in [5.74, 6) is 1.50. The smallest absolute Gasteiger partial charge is 0.123 e. The van der Waals surface area contributed by atoms with Crippen molar-refractivity contribution in [2.24, 2.45) is 0 Å². The molecule has 0 aliphatic carbocycles. The Kier molecular flexibility index (Phi) is 3.94. The van der Waals surface area contributed by atoms with Gasteiger partial charge in [0, 0.05) is 17.7 Å². The molecule has 0 aliphatic heterocycles. The molecule has 0 amide bonds. The van der Waals surface area contributed by atoms with Gasteiger partial charge in [0.05, 0.1) is 5.69 Å². The van der Waals surface area contributed by atoms with E-state index in [0.29, 0.717) is 0 Å². The monoisotopic (exact) mass is 233 g/mol. The maximum atomic E-state index is 12.9. The molecule has 0 N–H and O–H groups in total. The molecule has 0 bridgehead atoms. The van der Waals surface area contributed by atoms with Crippen LogP contribution in [0.2, 0.25) is 0 Å². The Morgan fingerprint density at radius 3 is 2.75 bits per heavy atom. The van der Waals surface area contributed by atoms with Crippen LogP contribution in [0, 0.1) is 5.82 Å². The van der Waals surface area contributed by atoms with E-state index in [9.17, 15) is 4.39 Å². The molecule has 1 heterocycles. The van der Waals surface area contributed by atoms with E-state index < -0.39 is 0 Å². The van der Waals surface area contributed by atoms with Gasteiger partial charge in [-0.25, -0.2) is 4.39 Å². The fourth-order valence-electron chi connectivity index (χ4n) is 1.38. The fraction of sp³-hybridized carbons (Fsp3) is 0.154. The lowest BCUT2D eigenvalue weighted by Gasteiger charge is -2.01. The molecule has 0 atom stereocenters. The predicted molar refractivity (Wildman–Crippen MR) is 65.6 cm³/mol. The Morgan fingerprint density at radius 1 is 1.06 bits per heavy atom. The molecule has 82 valence electrons. The molecule has 1 aromatic heterocycles. The first-order valence-corrected chi connectivity index (χ1v) is 6.22. The molecule has 1 aromatic carbocycles. The maximum absolute atomic E-state index is 12.9. The van der Waals surface area contributed by atoms with Crippen LogP contribution in [0.25, 0.3) is 0 Å². The van der Waals surface area contributed by atoms with E-state index in [-0.39, 0.29) is 5.82 Å². The zero-order valence-corrected chi connectivity index (χ0v) is 9.58. The van der Waals surface area contributed by atoms with Gasteiger partial charge in [-0.3, -0.25) is 4.98 Å². The number of aromatic nitrogens is 1. The fourth-order valence-corrected chi connectivity index (χ4v) is 2.28. The van der Waals surface area contributed by atoms with Crippen LogP contribution in [0.5, 0.6) is 0 Å². The average Bonchev–Trinajstić information content (AvgIpc) is 2.30. The van der Waals surface area contributed by atoms with Crippen molar-refractivity contribution in [3.8, 4) is 0 Å². The minimum Gasteiger partial charge on any atom is -0.260 e. The van der Waals surface area contributed by atoms with Crippen molar-refractivity contribution in [1.29, 1.82) is 0 Å². The van der Waals surface area contributed by atoms with Gasteiger partial charge in [0.2, 0.25) is 0 Å². The van der Waals surface area contributed by atoms with Crippen LogP contribution >= 0.6 is 11.8 Å². The number of halogens is 1. The molecule has 0 spiro atoms. The molecule has 0 radical (unpaired) electrons. The molecule has 2 aromatic rings. The summed E-state index contributed by atoms with van der Waals surface area (Å²) >= 11 is 1.74. The molecule has 3 heteroatoms. The van der Waals surface area contributed by atoms with E-state index in [2.05, 4.69) is 4.98 Å². The lowest BCUT2D eigenvalue weighted by atomic mass is 10.2. The van der Waals surface area contributed by atoms with Crippen LogP contribution in [0.1, 0.15) is 11.3 Å². The summed E-state index contributed by atoms with van der Waals surface area (Å²) in [6, 6.07) is 12.6. The van der Waals surface area contributed by atoms with E-state index >= 15 is 0 Å². The third-order valence-electron chi connectivity index (χ3n) is 2.13. The van der Waals surface area contributed by atoms with Crippen molar-refractivity contribution in [2.75, 3.05) is 0 Å². The molecule has 2 rings (SSSR count). The number of rotatable bonds is 4. The van der Waals surface area contributed by atoms with Gasteiger partial charge in [0.15, 0.2) is 0 Å². The van der Waals surface area contributed by atoms with Gasteiger partial charge in [0.25, 0.3) is 0 Å². The number of pyridine rings is 1. The Bertz CT molecular complexity index is 445. The van der Waals surface area contributed by atoms with E-state index in [1.165, 1.54) is 6.07 Å². The van der Waals surface area contributed by atoms with Crippen molar-refractivity contribution in [2.45, 2.75) is 11.5 Å². The highest BCUT2D eigenvalue weighted by atomic mass is 32.2. The molecule has 1 nitrogen and oxygen atoms in total. The molecule has 0 fully saturated rings. The highest BCUT2D eigenvalue weighted by Crippen LogP contribution is 2.16. The van der Waals surface area contributed by atoms with Crippen LogP contribution in [-0.2, 0) is 11.5 Å². The van der Waals surface area contributed by atoms with Gasteiger partial charge >= 0.3 is 0 Å². The molecule has 0 saturated heterocycles. The number of benzene rings is 1. The first kappa shape index (κ1) is 11.1. The summed E-state index contributed by atoms with van der Waals surface area (Å²) < 4.78 is 12.9. The van der Waals surface area contributed by atoms with Crippen LogP contribution in [-0.4, -0.2) is 4.98 Å². The van der Waals surface area contributed by atoms with Gasteiger partial charge in [-0.05, 0) is 29.8 Å². The topological polar surface area (TPSA) is 12.9 Å². The highest BCUT2D eigenvalue weighted by molar-refractivity contribution is 7.97. The van der Waals surface area contributed by atoms with Crippen molar-refractivity contribution in [1.82, 2.24) is 4.98 Å². The first-order valence-electron chi connectivity index (χ1n) is 5.07. The molecular weight excluding hydrogens is 221 g/mol. The van der Waals surface area contributed by atoms with Gasteiger partial charge < -0.3 is 0 Å². The summed E-state index contributed by atoms with van der Waals surface area (Å²) in [5, 5.41) is 0. The van der Waals surface area contributed by atoms with E-state index in [1.54, 1.807) is 30.1 Å². The van der Waals surface area contributed by atoms with E-state index in [4.69, 9.17) is 0 Å². The second-order valence-corrected chi connectivity index (χ2v) is 4.43. The second-order valence-electron chi connectivity index (χ2n) is 3.44. The molecular formula is C13H12FNS. The number of hydrogen-bond acceptors (Lipinski definition) is 2. The molecule has 16 heavy (non-hydrogen) atoms. The number of thioether (sulfide) groups is 1. The van der Waals surface area contributed by atoms with E-state index in [0.717, 1.165) is 22.8 Å². The van der Waals surface area contributed by atoms with Crippen LogP contribution < -0.4 is 0 Å². The maximum Gasteiger partial charge on any atom is 0.123 e. The van der Waals surface area contributed by atoms with Crippen molar-refractivity contribution in [3.05, 3.63) is 65.7 Å².